The van der Waals surface area contributed by atoms with E-state index < -0.39 is 0 Å². The highest BCUT2D eigenvalue weighted by atomic mass is 35.5. The fourth-order valence-electron chi connectivity index (χ4n) is 1.74. The average Bonchev–Trinajstić information content (AvgIpc) is 2.91. The minimum atomic E-state index is -0.0375. The quantitative estimate of drug-likeness (QED) is 0.780. The highest BCUT2D eigenvalue weighted by Gasteiger charge is 2.39. The van der Waals surface area contributed by atoms with Gasteiger partial charge in [0.05, 0.1) is 5.69 Å². The number of aryl methyl sites for hydroxylation is 1. The number of halogens is 1. The summed E-state index contributed by atoms with van der Waals surface area (Å²) < 4.78 is 0. The number of aromatic hydroxyl groups is 1. The molecule has 0 heterocycles. The minimum Gasteiger partial charge on any atom is -0.505 e. The van der Waals surface area contributed by atoms with Gasteiger partial charge in [-0.1, -0.05) is 18.5 Å². The van der Waals surface area contributed by atoms with E-state index in [1.54, 1.807) is 19.1 Å². The third-order valence-corrected chi connectivity index (χ3v) is 3.19. The third-order valence-electron chi connectivity index (χ3n) is 2.97. The zero-order valence-electron chi connectivity index (χ0n) is 9.25. The third kappa shape index (κ3) is 2.14. The molecule has 3 nitrogen and oxygen atoms in total. The summed E-state index contributed by atoms with van der Waals surface area (Å²) in [4.78, 5) is 11.7. The van der Waals surface area contributed by atoms with Crippen LogP contribution in [0.5, 0.6) is 5.75 Å². The number of hydrogen-bond donors (Lipinski definition) is 2. The first-order valence-electron chi connectivity index (χ1n) is 5.29. The van der Waals surface area contributed by atoms with Crippen LogP contribution in [-0.4, -0.2) is 11.0 Å². The zero-order chi connectivity index (χ0) is 11.9. The monoisotopic (exact) mass is 239 g/mol. The summed E-state index contributed by atoms with van der Waals surface area (Å²) in [5, 5.41) is 13.0. The van der Waals surface area contributed by atoms with Gasteiger partial charge in [0, 0.05) is 10.9 Å². The van der Waals surface area contributed by atoms with Crippen LogP contribution >= 0.6 is 11.6 Å². The maximum Gasteiger partial charge on any atom is 0.227 e. The number of benzene rings is 1. The summed E-state index contributed by atoms with van der Waals surface area (Å²) in [6.07, 6.45) is 0.923. The van der Waals surface area contributed by atoms with Crippen LogP contribution in [0.25, 0.3) is 0 Å². The van der Waals surface area contributed by atoms with Gasteiger partial charge in [-0.2, -0.15) is 0 Å². The Morgan fingerprint density at radius 2 is 2.19 bits per heavy atom. The summed E-state index contributed by atoms with van der Waals surface area (Å²) in [6.45, 7) is 3.78. The molecule has 1 amide bonds. The number of phenols is 1. The van der Waals surface area contributed by atoms with Crippen LogP contribution in [0, 0.1) is 18.8 Å². The van der Waals surface area contributed by atoms with Crippen molar-refractivity contribution < 1.29 is 9.90 Å². The molecule has 2 rings (SSSR count). The molecule has 1 fully saturated rings. The normalized spacial score (nSPS) is 22.9. The van der Waals surface area contributed by atoms with Crippen LogP contribution in [0.3, 0.4) is 0 Å². The second-order valence-electron chi connectivity index (χ2n) is 4.43. The first kappa shape index (κ1) is 11.3. The molecular formula is C12H14ClNO2. The van der Waals surface area contributed by atoms with E-state index in [-0.39, 0.29) is 17.6 Å². The lowest BCUT2D eigenvalue weighted by Gasteiger charge is -2.09. The number of nitrogens with one attached hydrogen (secondary N) is 1. The van der Waals surface area contributed by atoms with E-state index >= 15 is 0 Å². The van der Waals surface area contributed by atoms with E-state index in [0.29, 0.717) is 22.2 Å². The van der Waals surface area contributed by atoms with Gasteiger partial charge in [0.1, 0.15) is 5.75 Å². The second-order valence-corrected chi connectivity index (χ2v) is 4.86. The minimum absolute atomic E-state index is 0.0375. The van der Waals surface area contributed by atoms with Gasteiger partial charge in [-0.3, -0.25) is 4.79 Å². The summed E-state index contributed by atoms with van der Waals surface area (Å²) >= 11 is 5.87. The van der Waals surface area contributed by atoms with Crippen molar-refractivity contribution in [1.29, 1.82) is 0 Å². The fourth-order valence-corrected chi connectivity index (χ4v) is 2.02. The van der Waals surface area contributed by atoms with Crippen molar-refractivity contribution in [2.24, 2.45) is 11.8 Å². The molecule has 2 atom stereocenters. The highest BCUT2D eigenvalue weighted by molar-refractivity contribution is 6.31. The smallest absolute Gasteiger partial charge is 0.227 e. The lowest BCUT2D eigenvalue weighted by atomic mass is 10.2. The largest absolute Gasteiger partial charge is 0.505 e. The van der Waals surface area contributed by atoms with Gasteiger partial charge in [0.2, 0.25) is 5.91 Å². The molecule has 0 bridgehead atoms. The number of carbonyl (C=O) groups is 1. The molecule has 1 saturated carbocycles. The highest BCUT2D eigenvalue weighted by Crippen LogP contribution is 2.39. The molecule has 1 aliphatic rings. The van der Waals surface area contributed by atoms with Crippen molar-refractivity contribution in [2.45, 2.75) is 20.3 Å². The van der Waals surface area contributed by atoms with Crippen molar-refractivity contribution in [2.75, 3.05) is 5.32 Å². The van der Waals surface area contributed by atoms with Crippen molar-refractivity contribution in [1.82, 2.24) is 0 Å². The molecule has 86 valence electrons. The van der Waals surface area contributed by atoms with E-state index in [4.69, 9.17) is 11.6 Å². The Kier molecular flexibility index (Phi) is 2.80. The first-order valence-corrected chi connectivity index (χ1v) is 5.67. The van der Waals surface area contributed by atoms with E-state index in [1.807, 2.05) is 6.92 Å². The molecular weight excluding hydrogens is 226 g/mol. The van der Waals surface area contributed by atoms with Crippen LogP contribution < -0.4 is 5.32 Å². The van der Waals surface area contributed by atoms with Crippen molar-refractivity contribution in [3.8, 4) is 5.75 Å². The van der Waals surface area contributed by atoms with E-state index in [2.05, 4.69) is 5.32 Å². The van der Waals surface area contributed by atoms with E-state index in [9.17, 15) is 9.90 Å². The molecule has 1 aromatic rings. The first-order chi connectivity index (χ1) is 7.49. The van der Waals surface area contributed by atoms with Crippen molar-refractivity contribution >= 4 is 23.2 Å². The van der Waals surface area contributed by atoms with Gasteiger partial charge in [-0.25, -0.2) is 0 Å². The lowest BCUT2D eigenvalue weighted by Crippen LogP contribution is -2.14. The Bertz CT molecular complexity index is 445. The molecule has 0 radical (unpaired) electrons. The van der Waals surface area contributed by atoms with Crippen molar-refractivity contribution in [3.63, 3.8) is 0 Å². The van der Waals surface area contributed by atoms with Gasteiger partial charge in [0.15, 0.2) is 0 Å². The SMILES string of the molecule is Cc1cc(Cl)cc(NC(=O)[C@H]2C[C@H]2C)c1O. The van der Waals surface area contributed by atoms with Gasteiger partial charge in [-0.15, -0.1) is 0 Å². The van der Waals surface area contributed by atoms with E-state index in [1.165, 1.54) is 0 Å². The summed E-state index contributed by atoms with van der Waals surface area (Å²) in [7, 11) is 0. The maximum atomic E-state index is 11.7. The number of hydrogen-bond acceptors (Lipinski definition) is 2. The Morgan fingerprint density at radius 3 is 2.75 bits per heavy atom. The van der Waals surface area contributed by atoms with Crippen LogP contribution in [0.2, 0.25) is 5.02 Å². The van der Waals surface area contributed by atoms with Gasteiger partial charge >= 0.3 is 0 Å². The lowest BCUT2D eigenvalue weighted by molar-refractivity contribution is -0.117. The topological polar surface area (TPSA) is 49.3 Å². The summed E-state index contributed by atoms with van der Waals surface area (Å²) in [5.41, 5.74) is 1.06. The molecule has 16 heavy (non-hydrogen) atoms. The van der Waals surface area contributed by atoms with Crippen LogP contribution in [0.4, 0.5) is 5.69 Å². The van der Waals surface area contributed by atoms with Gasteiger partial charge in [0.25, 0.3) is 0 Å². The molecule has 1 aliphatic carbocycles. The summed E-state index contributed by atoms with van der Waals surface area (Å²) in [5.74, 6) is 0.580. The summed E-state index contributed by atoms with van der Waals surface area (Å²) in [6, 6.07) is 3.22. The number of phenolic OH excluding ortho intramolecular Hbond substituents is 1. The molecule has 1 aromatic carbocycles. The zero-order valence-corrected chi connectivity index (χ0v) is 10.0. The van der Waals surface area contributed by atoms with Crippen molar-refractivity contribution in [3.05, 3.63) is 22.7 Å². The maximum absolute atomic E-state index is 11.7. The molecule has 4 heteroatoms. The Hall–Kier alpha value is -1.22. The molecule has 0 saturated heterocycles. The van der Waals surface area contributed by atoms with Crippen LogP contribution in [0.1, 0.15) is 18.9 Å². The van der Waals surface area contributed by atoms with Gasteiger partial charge in [-0.05, 0) is 37.0 Å². The molecule has 0 unspecified atom stereocenters. The number of anilines is 1. The molecule has 0 aliphatic heterocycles. The molecule has 2 N–H and O–H groups in total. The second kappa shape index (κ2) is 3.98. The number of rotatable bonds is 2. The number of amides is 1. The Morgan fingerprint density at radius 1 is 1.56 bits per heavy atom. The number of carbonyl (C=O) groups excluding carboxylic acids is 1. The average molecular weight is 240 g/mol. The molecule has 0 spiro atoms. The predicted molar refractivity (Wildman–Crippen MR) is 63.8 cm³/mol. The van der Waals surface area contributed by atoms with E-state index in [0.717, 1.165) is 6.42 Å². The standard InChI is InChI=1S/C12H14ClNO2/c1-6-4-9(6)12(16)14-10-5-8(13)3-7(2)11(10)15/h3,5-6,9,15H,4H2,1-2H3,(H,14,16)/t6-,9+/m1/s1. The Balaban J connectivity index is 2.18. The fraction of sp³-hybridized carbons (Fsp3) is 0.417. The predicted octanol–water partition coefficient (Wildman–Crippen LogP) is 2.95. The van der Waals surface area contributed by atoms with Crippen LogP contribution in [-0.2, 0) is 4.79 Å². The molecule has 0 aromatic heterocycles. The Labute approximate surface area is 99.4 Å². The van der Waals surface area contributed by atoms with Crippen LogP contribution in [0.15, 0.2) is 12.1 Å². The van der Waals surface area contributed by atoms with Gasteiger partial charge < -0.3 is 10.4 Å².